The lowest BCUT2D eigenvalue weighted by molar-refractivity contribution is -0.132. The van der Waals surface area contributed by atoms with Crippen LogP contribution in [0.2, 0.25) is 0 Å². The first-order valence-electron chi connectivity index (χ1n) is 7.23. The second-order valence-corrected chi connectivity index (χ2v) is 5.42. The molecule has 1 aromatic heterocycles. The summed E-state index contributed by atoms with van der Waals surface area (Å²) < 4.78 is 13.3. The summed E-state index contributed by atoms with van der Waals surface area (Å²) in [6.45, 7) is 2.37. The van der Waals surface area contributed by atoms with Crippen LogP contribution in [-0.2, 0) is 4.79 Å². The van der Waals surface area contributed by atoms with Crippen molar-refractivity contribution >= 4 is 5.91 Å². The number of piperidine rings is 1. The molecule has 21 heavy (non-hydrogen) atoms. The summed E-state index contributed by atoms with van der Waals surface area (Å²) in [6.07, 6.45) is 4.74. The summed E-state index contributed by atoms with van der Waals surface area (Å²) in [5.74, 6) is 0.583. The molecule has 1 unspecified atom stereocenters. The van der Waals surface area contributed by atoms with Crippen molar-refractivity contribution in [3.05, 3.63) is 42.1 Å². The molecule has 0 bridgehead atoms. The van der Waals surface area contributed by atoms with E-state index in [1.54, 1.807) is 19.2 Å². The lowest BCUT2D eigenvalue weighted by Crippen LogP contribution is -2.37. The van der Waals surface area contributed by atoms with Crippen molar-refractivity contribution in [2.45, 2.75) is 32.2 Å². The van der Waals surface area contributed by atoms with Gasteiger partial charge in [0, 0.05) is 19.0 Å². The lowest BCUT2D eigenvalue weighted by atomic mass is 10.0. The molecular weight excluding hydrogens is 269 g/mol. The molecule has 0 spiro atoms. The van der Waals surface area contributed by atoms with Gasteiger partial charge in [0.25, 0.3) is 0 Å². The van der Waals surface area contributed by atoms with Gasteiger partial charge in [0.2, 0.25) is 5.91 Å². The zero-order chi connectivity index (χ0) is 14.8. The minimum atomic E-state index is -0.272. The fraction of sp³-hybridized carbons (Fsp3) is 0.375. The Morgan fingerprint density at radius 2 is 2.29 bits per heavy atom. The zero-order valence-electron chi connectivity index (χ0n) is 12.0. The Balaban J connectivity index is 1.88. The van der Waals surface area contributed by atoms with Crippen LogP contribution in [0, 0.1) is 5.82 Å². The van der Waals surface area contributed by atoms with Gasteiger partial charge in [-0.2, -0.15) is 0 Å². The van der Waals surface area contributed by atoms with Crippen LogP contribution in [0.25, 0.3) is 11.3 Å². The zero-order valence-corrected chi connectivity index (χ0v) is 12.0. The number of H-pyrrole nitrogens is 1. The highest BCUT2D eigenvalue weighted by atomic mass is 19.1. The number of benzene rings is 1. The first-order valence-corrected chi connectivity index (χ1v) is 7.23. The highest BCUT2D eigenvalue weighted by Crippen LogP contribution is 2.30. The van der Waals surface area contributed by atoms with Gasteiger partial charge in [-0.25, -0.2) is 9.37 Å². The van der Waals surface area contributed by atoms with E-state index in [2.05, 4.69) is 9.97 Å². The van der Waals surface area contributed by atoms with Crippen LogP contribution in [0.1, 0.15) is 38.1 Å². The molecule has 4 nitrogen and oxygen atoms in total. The molecule has 1 N–H and O–H groups in total. The van der Waals surface area contributed by atoms with E-state index in [4.69, 9.17) is 0 Å². The number of hydrogen-bond donors (Lipinski definition) is 1. The number of aromatic nitrogens is 2. The number of nitrogens with one attached hydrogen (secondary N) is 1. The van der Waals surface area contributed by atoms with E-state index in [1.165, 1.54) is 12.1 Å². The minimum Gasteiger partial charge on any atom is -0.340 e. The van der Waals surface area contributed by atoms with Crippen LogP contribution >= 0.6 is 0 Å². The molecule has 1 aromatic carbocycles. The van der Waals surface area contributed by atoms with Crippen molar-refractivity contribution in [3.8, 4) is 11.3 Å². The fourth-order valence-corrected chi connectivity index (χ4v) is 2.90. The molecule has 1 aliphatic heterocycles. The minimum absolute atomic E-state index is 0.00133. The maximum Gasteiger partial charge on any atom is 0.220 e. The molecule has 1 aliphatic rings. The van der Waals surface area contributed by atoms with Crippen LogP contribution in [0.15, 0.2) is 30.5 Å². The number of nitrogens with zero attached hydrogens (tertiary/aromatic N) is 2. The third-order valence-electron chi connectivity index (χ3n) is 3.95. The number of amides is 1. The Hall–Kier alpha value is -2.17. The number of imidazole rings is 1. The van der Waals surface area contributed by atoms with Crippen LogP contribution < -0.4 is 0 Å². The van der Waals surface area contributed by atoms with Crippen LogP contribution in [-0.4, -0.2) is 27.3 Å². The smallest absolute Gasteiger partial charge is 0.220 e. The molecule has 110 valence electrons. The van der Waals surface area contributed by atoms with Crippen molar-refractivity contribution < 1.29 is 9.18 Å². The van der Waals surface area contributed by atoms with Gasteiger partial charge in [0.15, 0.2) is 0 Å². The molecule has 1 amide bonds. The van der Waals surface area contributed by atoms with Crippen molar-refractivity contribution in [2.75, 3.05) is 6.54 Å². The first-order chi connectivity index (χ1) is 10.1. The van der Waals surface area contributed by atoms with Crippen LogP contribution in [0.3, 0.4) is 0 Å². The Kier molecular flexibility index (Phi) is 3.73. The van der Waals surface area contributed by atoms with Crippen molar-refractivity contribution in [2.24, 2.45) is 0 Å². The summed E-state index contributed by atoms with van der Waals surface area (Å²) in [5.41, 5.74) is 1.54. The number of aromatic amines is 1. The van der Waals surface area contributed by atoms with Crippen LogP contribution in [0.5, 0.6) is 0 Å². The summed E-state index contributed by atoms with van der Waals surface area (Å²) >= 11 is 0. The van der Waals surface area contributed by atoms with Gasteiger partial charge in [-0.05, 0) is 31.4 Å². The summed E-state index contributed by atoms with van der Waals surface area (Å²) in [7, 11) is 0. The average molecular weight is 287 g/mol. The van der Waals surface area contributed by atoms with Gasteiger partial charge in [-0.3, -0.25) is 4.79 Å². The van der Waals surface area contributed by atoms with E-state index in [0.717, 1.165) is 42.9 Å². The second kappa shape index (κ2) is 5.68. The molecule has 1 saturated heterocycles. The highest BCUT2D eigenvalue weighted by molar-refractivity contribution is 5.73. The van der Waals surface area contributed by atoms with Gasteiger partial charge >= 0.3 is 0 Å². The molecule has 3 rings (SSSR count). The third kappa shape index (κ3) is 2.82. The fourth-order valence-electron chi connectivity index (χ4n) is 2.90. The van der Waals surface area contributed by atoms with E-state index in [9.17, 15) is 9.18 Å². The number of carbonyl (C=O) groups is 1. The second-order valence-electron chi connectivity index (χ2n) is 5.42. The molecule has 1 atom stereocenters. The van der Waals surface area contributed by atoms with Crippen molar-refractivity contribution in [1.29, 1.82) is 0 Å². The maximum atomic E-state index is 13.3. The van der Waals surface area contributed by atoms with Crippen molar-refractivity contribution in [1.82, 2.24) is 14.9 Å². The lowest BCUT2D eigenvalue weighted by Gasteiger charge is -2.33. The molecule has 1 fully saturated rings. The summed E-state index contributed by atoms with van der Waals surface area (Å²) in [5, 5.41) is 0. The number of halogens is 1. The molecular formula is C16H18FN3O. The number of carbonyl (C=O) groups excluding carboxylic acids is 1. The Morgan fingerprint density at radius 3 is 3.05 bits per heavy atom. The average Bonchev–Trinajstić information content (AvgIpc) is 2.97. The first kappa shape index (κ1) is 13.8. The number of rotatable bonds is 2. The maximum absolute atomic E-state index is 13.3. The predicted octanol–water partition coefficient (Wildman–Crippen LogP) is 3.29. The summed E-state index contributed by atoms with van der Waals surface area (Å²) in [4.78, 5) is 21.2. The molecule has 2 heterocycles. The van der Waals surface area contributed by atoms with Gasteiger partial charge < -0.3 is 9.88 Å². The predicted molar refractivity (Wildman–Crippen MR) is 78.0 cm³/mol. The van der Waals surface area contributed by atoms with Crippen molar-refractivity contribution in [3.63, 3.8) is 0 Å². The molecule has 5 heteroatoms. The quantitative estimate of drug-likeness (QED) is 0.921. The molecule has 0 radical (unpaired) electrons. The van der Waals surface area contributed by atoms with Gasteiger partial charge in [0.1, 0.15) is 11.6 Å². The number of likely N-dealkylation sites (tertiary alicyclic amines) is 1. The van der Waals surface area contributed by atoms with E-state index in [0.29, 0.717) is 0 Å². The largest absolute Gasteiger partial charge is 0.340 e. The third-order valence-corrected chi connectivity index (χ3v) is 3.95. The van der Waals surface area contributed by atoms with Crippen LogP contribution in [0.4, 0.5) is 4.39 Å². The van der Waals surface area contributed by atoms with Gasteiger partial charge in [-0.1, -0.05) is 12.1 Å². The van der Waals surface area contributed by atoms with Gasteiger partial charge in [0.05, 0.1) is 17.9 Å². The van der Waals surface area contributed by atoms with E-state index < -0.39 is 0 Å². The monoisotopic (exact) mass is 287 g/mol. The number of hydrogen-bond acceptors (Lipinski definition) is 2. The van der Waals surface area contributed by atoms with E-state index in [1.807, 2.05) is 11.0 Å². The SMILES string of the molecule is CC(=O)N1CCCCC1c1ncc(-c2cccc(F)c2)[nH]1. The Morgan fingerprint density at radius 1 is 1.43 bits per heavy atom. The normalized spacial score (nSPS) is 18.8. The molecule has 2 aromatic rings. The standard InChI is InChI=1S/C16H18FN3O/c1-11(21)20-8-3-2-7-15(20)16-18-10-14(19-16)12-5-4-6-13(17)9-12/h4-6,9-10,15H,2-3,7-8H2,1H3,(H,18,19). The van der Waals surface area contributed by atoms with Gasteiger partial charge in [-0.15, -0.1) is 0 Å². The Bertz CT molecular complexity index is 652. The summed E-state index contributed by atoms with van der Waals surface area (Å²) in [6, 6.07) is 6.40. The molecule has 0 aliphatic carbocycles. The molecule has 0 saturated carbocycles. The highest BCUT2D eigenvalue weighted by Gasteiger charge is 2.28. The van der Waals surface area contributed by atoms with E-state index >= 15 is 0 Å². The Labute approximate surface area is 123 Å². The topological polar surface area (TPSA) is 49.0 Å². The van der Waals surface area contributed by atoms with E-state index in [-0.39, 0.29) is 17.8 Å².